The number of fused-ring (bicyclic) bond motifs is 1. The molecule has 0 aromatic carbocycles. The summed E-state index contributed by atoms with van der Waals surface area (Å²) in [6.07, 6.45) is 17.9. The zero-order chi connectivity index (χ0) is 24.3. The number of hydrogen-bond acceptors (Lipinski definition) is 4. The number of thioether (sulfide) groups is 1. The second-order valence-electron chi connectivity index (χ2n) is 10.5. The second kappa shape index (κ2) is 10.7. The summed E-state index contributed by atoms with van der Waals surface area (Å²) in [6, 6.07) is 0. The molecule has 0 saturated heterocycles. The molecule has 0 unspecified atom stereocenters. The molecule has 3 aliphatic rings. The van der Waals surface area contributed by atoms with Gasteiger partial charge in [-0.15, -0.1) is 11.8 Å². The van der Waals surface area contributed by atoms with Gasteiger partial charge < -0.3 is 15.3 Å². The van der Waals surface area contributed by atoms with Crippen molar-refractivity contribution in [3.8, 4) is 0 Å². The number of hydrogen-bond donors (Lipinski definition) is 3. The summed E-state index contributed by atoms with van der Waals surface area (Å²) in [7, 11) is 0. The summed E-state index contributed by atoms with van der Waals surface area (Å²) < 4.78 is 0. The van der Waals surface area contributed by atoms with Crippen LogP contribution in [0.25, 0.3) is 0 Å². The van der Waals surface area contributed by atoms with Gasteiger partial charge in [-0.05, 0) is 67.4 Å². The van der Waals surface area contributed by atoms with E-state index in [-0.39, 0.29) is 6.42 Å². The molecule has 2 saturated carbocycles. The normalized spacial score (nSPS) is 35.5. The van der Waals surface area contributed by atoms with E-state index in [0.29, 0.717) is 36.3 Å². The van der Waals surface area contributed by atoms with E-state index in [9.17, 15) is 15.3 Å². The first-order valence-corrected chi connectivity index (χ1v) is 13.8. The molecule has 2 fully saturated rings. The predicted octanol–water partition coefficient (Wildman–Crippen LogP) is 6.63. The van der Waals surface area contributed by atoms with Gasteiger partial charge in [-0.2, -0.15) is 0 Å². The Morgan fingerprint density at radius 2 is 1.97 bits per heavy atom. The van der Waals surface area contributed by atoms with Gasteiger partial charge in [0.15, 0.2) is 0 Å². The van der Waals surface area contributed by atoms with E-state index in [4.69, 9.17) is 0 Å². The maximum absolute atomic E-state index is 11.3. The lowest BCUT2D eigenvalue weighted by atomic mass is 9.64. The van der Waals surface area contributed by atoms with E-state index in [2.05, 4.69) is 38.7 Å². The summed E-state index contributed by atoms with van der Waals surface area (Å²) in [5, 5.41) is 32.3. The molecule has 0 bridgehead atoms. The lowest BCUT2D eigenvalue weighted by molar-refractivity contribution is 0.0608. The summed E-state index contributed by atoms with van der Waals surface area (Å²) in [6.45, 7) is 12.8. The van der Waals surface area contributed by atoms with E-state index >= 15 is 0 Å². The van der Waals surface area contributed by atoms with Crippen LogP contribution in [0, 0.1) is 11.3 Å². The van der Waals surface area contributed by atoms with Crippen molar-refractivity contribution < 1.29 is 15.3 Å². The Labute approximate surface area is 205 Å². The van der Waals surface area contributed by atoms with E-state index in [1.165, 1.54) is 30.2 Å². The number of aliphatic hydroxyl groups excluding tert-OH is 1. The van der Waals surface area contributed by atoms with Gasteiger partial charge in [-0.1, -0.05) is 75.8 Å². The first kappa shape index (κ1) is 26.5. The number of allylic oxidation sites excluding steroid dienone is 5. The zero-order valence-corrected chi connectivity index (χ0v) is 21.9. The van der Waals surface area contributed by atoms with Crippen molar-refractivity contribution >= 4 is 11.8 Å². The largest absolute Gasteiger partial charge is 0.388 e. The van der Waals surface area contributed by atoms with Gasteiger partial charge in [-0.3, -0.25) is 0 Å². The molecule has 33 heavy (non-hydrogen) atoms. The van der Waals surface area contributed by atoms with Gasteiger partial charge >= 0.3 is 0 Å². The van der Waals surface area contributed by atoms with Crippen molar-refractivity contribution in [2.45, 2.75) is 102 Å². The third kappa shape index (κ3) is 5.78. The quantitative estimate of drug-likeness (QED) is 0.274. The van der Waals surface area contributed by atoms with Gasteiger partial charge in [0.2, 0.25) is 0 Å². The smallest absolute Gasteiger partial charge is 0.117 e. The molecule has 3 aliphatic carbocycles. The molecule has 4 heteroatoms. The fraction of sp³-hybridized carbons (Fsp3) is 0.655. The first-order valence-electron chi connectivity index (χ1n) is 12.8. The minimum atomic E-state index is -1.03. The minimum absolute atomic E-state index is 0.286. The molecule has 0 radical (unpaired) electrons. The Kier molecular flexibility index (Phi) is 8.59. The highest BCUT2D eigenvalue weighted by molar-refractivity contribution is 8.00. The van der Waals surface area contributed by atoms with Crippen LogP contribution in [-0.4, -0.2) is 37.7 Å². The highest BCUT2D eigenvalue weighted by Crippen LogP contribution is 2.55. The Bertz CT molecular complexity index is 847. The van der Waals surface area contributed by atoms with Crippen LogP contribution in [0.3, 0.4) is 0 Å². The second-order valence-corrected chi connectivity index (χ2v) is 11.8. The van der Waals surface area contributed by atoms with E-state index in [1.54, 1.807) is 5.57 Å². The molecular formula is C29H44O3S. The van der Waals surface area contributed by atoms with Crippen LogP contribution in [0.4, 0.5) is 0 Å². The van der Waals surface area contributed by atoms with Crippen LogP contribution in [-0.2, 0) is 0 Å². The molecule has 3 N–H and O–H groups in total. The molecule has 184 valence electrons. The van der Waals surface area contributed by atoms with Crippen LogP contribution < -0.4 is 0 Å². The molecule has 3 rings (SSSR count). The van der Waals surface area contributed by atoms with Crippen LogP contribution in [0.15, 0.2) is 59.3 Å². The number of rotatable bonds is 8. The third-order valence-electron chi connectivity index (χ3n) is 8.49. The van der Waals surface area contributed by atoms with Crippen molar-refractivity contribution in [3.63, 3.8) is 0 Å². The molecule has 0 heterocycles. The van der Waals surface area contributed by atoms with E-state index < -0.39 is 16.6 Å². The van der Waals surface area contributed by atoms with E-state index in [1.807, 2.05) is 26.0 Å². The third-order valence-corrected chi connectivity index (χ3v) is 9.69. The topological polar surface area (TPSA) is 60.7 Å². The van der Waals surface area contributed by atoms with Gasteiger partial charge in [0, 0.05) is 18.6 Å². The Hall–Kier alpha value is -1.07. The van der Waals surface area contributed by atoms with Crippen molar-refractivity contribution in [2.24, 2.45) is 11.3 Å². The summed E-state index contributed by atoms with van der Waals surface area (Å²) in [5.74, 6) is 1.17. The van der Waals surface area contributed by atoms with Crippen molar-refractivity contribution in [1.29, 1.82) is 0 Å². The Morgan fingerprint density at radius 1 is 1.24 bits per heavy atom. The summed E-state index contributed by atoms with van der Waals surface area (Å²) >= 11 is 1.44. The van der Waals surface area contributed by atoms with Gasteiger partial charge in [0.05, 0.1) is 11.7 Å². The maximum atomic E-state index is 11.3. The molecule has 0 amide bonds. The van der Waals surface area contributed by atoms with Crippen LogP contribution in [0.5, 0.6) is 0 Å². The molecule has 0 aromatic rings. The van der Waals surface area contributed by atoms with Gasteiger partial charge in [0.1, 0.15) is 4.93 Å². The van der Waals surface area contributed by atoms with Crippen molar-refractivity contribution in [1.82, 2.24) is 0 Å². The van der Waals surface area contributed by atoms with Gasteiger partial charge in [0.25, 0.3) is 0 Å². The zero-order valence-electron chi connectivity index (χ0n) is 21.1. The molecule has 4 atom stereocenters. The highest BCUT2D eigenvalue weighted by Gasteiger charge is 2.44. The van der Waals surface area contributed by atoms with Crippen molar-refractivity contribution in [2.75, 3.05) is 5.75 Å². The average Bonchev–Trinajstić information content (AvgIpc) is 3.14. The monoisotopic (exact) mass is 472 g/mol. The molecular weight excluding hydrogens is 428 g/mol. The SMILES string of the molecule is C=C1C(=CC=C2CCC[C@]3(C)C(CC)=CC[C@@H]23)C[C@](O)(SCC=CC(O)(CC)CC)C[C@@H]1O. The average molecular weight is 473 g/mol. The Morgan fingerprint density at radius 3 is 2.64 bits per heavy atom. The fourth-order valence-electron chi connectivity index (χ4n) is 6.02. The highest BCUT2D eigenvalue weighted by atomic mass is 32.2. The summed E-state index contributed by atoms with van der Waals surface area (Å²) in [5.41, 5.74) is 4.32. The molecule has 0 aromatic heterocycles. The first-order chi connectivity index (χ1) is 15.6. The summed E-state index contributed by atoms with van der Waals surface area (Å²) in [4.78, 5) is -1.03. The van der Waals surface area contributed by atoms with Crippen LogP contribution in [0.1, 0.15) is 85.5 Å². The van der Waals surface area contributed by atoms with Crippen LogP contribution in [0.2, 0.25) is 0 Å². The lowest BCUT2D eigenvalue weighted by Crippen LogP contribution is -2.37. The fourth-order valence-corrected chi connectivity index (χ4v) is 7.05. The minimum Gasteiger partial charge on any atom is -0.388 e. The Balaban J connectivity index is 1.72. The molecule has 0 spiro atoms. The van der Waals surface area contributed by atoms with E-state index in [0.717, 1.165) is 30.4 Å². The number of aliphatic hydroxyl groups is 3. The van der Waals surface area contributed by atoms with Crippen LogP contribution >= 0.6 is 11.8 Å². The standard InChI is InChI=1S/C29H44O3S/c1-6-24-14-15-25-22(11-9-16-27(24,25)5)12-13-23-19-29(32,20-26(30)21(23)4)33-18-10-17-28(31,7-2)8-3/h10,12-14,17,25-26,30-32H,4,6-9,11,15-16,18-20H2,1-3,5H3/t25-,26-,27+,29-/m0/s1. The predicted molar refractivity (Wildman–Crippen MR) is 141 cm³/mol. The maximum Gasteiger partial charge on any atom is 0.117 e. The molecule has 3 nitrogen and oxygen atoms in total. The van der Waals surface area contributed by atoms with Gasteiger partial charge in [-0.25, -0.2) is 0 Å². The van der Waals surface area contributed by atoms with Crippen molar-refractivity contribution in [3.05, 3.63) is 59.3 Å². The lowest BCUT2D eigenvalue weighted by Gasteiger charge is -2.41. The molecule has 0 aliphatic heterocycles.